The number of aliphatic hydroxyl groups excluding tert-OH is 1. The molecule has 1 aromatic carbocycles. The average molecular weight is 267 g/mol. The minimum atomic E-state index is -0.615. The van der Waals surface area contributed by atoms with Crippen LogP contribution >= 0.6 is 0 Å². The Hall–Kier alpha value is -1.62. The van der Waals surface area contributed by atoms with Gasteiger partial charge in [0.15, 0.2) is 0 Å². The smallest absolute Gasteiger partial charge is 0.255 e. The summed E-state index contributed by atoms with van der Waals surface area (Å²) in [5.41, 5.74) is -0.587. The fourth-order valence-electron chi connectivity index (χ4n) is 2.56. The van der Waals surface area contributed by atoms with E-state index in [1.165, 1.54) is 6.07 Å². The monoisotopic (exact) mass is 267 g/mol. The number of amides is 1. The first kappa shape index (κ1) is 13.8. The molecule has 1 aromatic rings. The van der Waals surface area contributed by atoms with Gasteiger partial charge in [0, 0.05) is 6.07 Å². The normalized spacial score (nSPS) is 18.0. The number of carbonyl (C=O) groups excluding carboxylic acids is 1. The molecule has 2 rings (SSSR count). The number of benzene rings is 1. The first-order valence-electron chi connectivity index (χ1n) is 6.48. The average Bonchev–Trinajstić information content (AvgIpc) is 2.39. The molecular formula is C14H18FNO3. The van der Waals surface area contributed by atoms with E-state index < -0.39 is 17.3 Å². The van der Waals surface area contributed by atoms with Crippen LogP contribution < -0.4 is 5.32 Å². The van der Waals surface area contributed by atoms with Gasteiger partial charge in [-0.05, 0) is 25.0 Å². The van der Waals surface area contributed by atoms with Gasteiger partial charge in [0.05, 0.1) is 17.7 Å². The number of aliphatic hydroxyl groups is 1. The van der Waals surface area contributed by atoms with E-state index in [1.54, 1.807) is 0 Å². The molecule has 0 aliphatic heterocycles. The number of hydrogen-bond donors (Lipinski definition) is 3. The Morgan fingerprint density at radius 2 is 2.00 bits per heavy atom. The van der Waals surface area contributed by atoms with Crippen LogP contribution in [-0.2, 0) is 0 Å². The number of nitrogens with one attached hydrogen (secondary N) is 1. The highest BCUT2D eigenvalue weighted by Crippen LogP contribution is 2.29. The van der Waals surface area contributed by atoms with Gasteiger partial charge in [0.25, 0.3) is 5.91 Å². The highest BCUT2D eigenvalue weighted by atomic mass is 19.1. The van der Waals surface area contributed by atoms with E-state index in [4.69, 9.17) is 0 Å². The van der Waals surface area contributed by atoms with Crippen LogP contribution in [0.15, 0.2) is 18.2 Å². The summed E-state index contributed by atoms with van der Waals surface area (Å²) in [4.78, 5) is 12.1. The molecule has 1 aliphatic carbocycles. The Morgan fingerprint density at radius 3 is 2.58 bits per heavy atom. The van der Waals surface area contributed by atoms with Gasteiger partial charge in [0.1, 0.15) is 11.6 Å². The van der Waals surface area contributed by atoms with Gasteiger partial charge in [-0.15, -0.1) is 0 Å². The summed E-state index contributed by atoms with van der Waals surface area (Å²) >= 11 is 0. The zero-order valence-corrected chi connectivity index (χ0v) is 10.7. The van der Waals surface area contributed by atoms with Crippen LogP contribution in [0.5, 0.6) is 5.75 Å². The van der Waals surface area contributed by atoms with E-state index in [0.717, 1.165) is 44.2 Å². The minimum Gasteiger partial charge on any atom is -0.507 e. The number of phenols is 1. The quantitative estimate of drug-likeness (QED) is 0.784. The second kappa shape index (κ2) is 5.57. The van der Waals surface area contributed by atoms with E-state index in [9.17, 15) is 19.4 Å². The van der Waals surface area contributed by atoms with Crippen LogP contribution in [0, 0.1) is 5.82 Å². The van der Waals surface area contributed by atoms with Crippen molar-refractivity contribution in [2.24, 2.45) is 0 Å². The maximum absolute atomic E-state index is 12.9. The van der Waals surface area contributed by atoms with Crippen molar-refractivity contribution in [1.29, 1.82) is 0 Å². The van der Waals surface area contributed by atoms with E-state index in [1.807, 2.05) is 0 Å². The molecule has 0 heterocycles. The molecule has 0 saturated heterocycles. The van der Waals surface area contributed by atoms with Crippen molar-refractivity contribution in [3.8, 4) is 5.75 Å². The van der Waals surface area contributed by atoms with Crippen molar-refractivity contribution in [3.63, 3.8) is 0 Å². The predicted molar refractivity (Wildman–Crippen MR) is 68.4 cm³/mol. The van der Waals surface area contributed by atoms with E-state index in [0.29, 0.717) is 0 Å². The summed E-state index contributed by atoms with van der Waals surface area (Å²) in [6, 6.07) is 3.27. The van der Waals surface area contributed by atoms with Crippen molar-refractivity contribution in [2.45, 2.75) is 37.6 Å². The first-order chi connectivity index (χ1) is 9.06. The van der Waals surface area contributed by atoms with Gasteiger partial charge in [-0.25, -0.2) is 4.39 Å². The second-order valence-corrected chi connectivity index (χ2v) is 5.11. The second-order valence-electron chi connectivity index (χ2n) is 5.11. The lowest BCUT2D eigenvalue weighted by molar-refractivity contribution is 0.0756. The molecule has 0 aromatic heterocycles. The van der Waals surface area contributed by atoms with Crippen molar-refractivity contribution < 1.29 is 19.4 Å². The molecule has 0 bridgehead atoms. The van der Waals surface area contributed by atoms with Crippen molar-refractivity contribution in [3.05, 3.63) is 29.6 Å². The molecule has 0 spiro atoms. The summed E-state index contributed by atoms with van der Waals surface area (Å²) in [6.45, 7) is -0.124. The maximum atomic E-state index is 12.9. The molecule has 1 fully saturated rings. The Morgan fingerprint density at radius 1 is 1.32 bits per heavy atom. The molecule has 5 heteroatoms. The molecule has 1 saturated carbocycles. The largest absolute Gasteiger partial charge is 0.507 e. The standard InChI is InChI=1S/C14H18FNO3/c15-10-4-5-11(12(18)8-10)13(19)16-14(9-17)6-2-1-3-7-14/h4-5,8,17-18H,1-3,6-7,9H2,(H,16,19). The minimum absolute atomic E-state index is 0.0276. The molecule has 0 radical (unpaired) electrons. The van der Waals surface area contributed by atoms with Gasteiger partial charge in [-0.1, -0.05) is 19.3 Å². The summed E-state index contributed by atoms with van der Waals surface area (Å²) in [6.07, 6.45) is 4.44. The van der Waals surface area contributed by atoms with Gasteiger partial charge in [-0.3, -0.25) is 4.79 Å². The van der Waals surface area contributed by atoms with Crippen LogP contribution in [0.4, 0.5) is 4.39 Å². The summed E-state index contributed by atoms with van der Waals surface area (Å²) in [7, 11) is 0. The highest BCUT2D eigenvalue weighted by molar-refractivity contribution is 5.97. The van der Waals surface area contributed by atoms with Crippen LogP contribution in [0.1, 0.15) is 42.5 Å². The number of aromatic hydroxyl groups is 1. The third kappa shape index (κ3) is 3.04. The maximum Gasteiger partial charge on any atom is 0.255 e. The lowest BCUT2D eigenvalue weighted by Crippen LogP contribution is -2.52. The molecular weight excluding hydrogens is 249 g/mol. The van der Waals surface area contributed by atoms with Crippen LogP contribution in [-0.4, -0.2) is 28.3 Å². The lowest BCUT2D eigenvalue weighted by atomic mass is 9.82. The highest BCUT2D eigenvalue weighted by Gasteiger charge is 2.33. The molecule has 1 aliphatic rings. The third-order valence-corrected chi connectivity index (χ3v) is 3.70. The fourth-order valence-corrected chi connectivity index (χ4v) is 2.56. The molecule has 19 heavy (non-hydrogen) atoms. The Bertz CT molecular complexity index is 470. The molecule has 0 unspecified atom stereocenters. The molecule has 3 N–H and O–H groups in total. The van der Waals surface area contributed by atoms with Gasteiger partial charge < -0.3 is 15.5 Å². The fraction of sp³-hybridized carbons (Fsp3) is 0.500. The molecule has 104 valence electrons. The molecule has 0 atom stereocenters. The lowest BCUT2D eigenvalue weighted by Gasteiger charge is -2.36. The van der Waals surface area contributed by atoms with Crippen LogP contribution in [0.2, 0.25) is 0 Å². The third-order valence-electron chi connectivity index (χ3n) is 3.70. The summed E-state index contributed by atoms with van der Waals surface area (Å²) in [5.74, 6) is -1.46. The Kier molecular flexibility index (Phi) is 4.04. The SMILES string of the molecule is O=C(NC1(CO)CCCCC1)c1ccc(F)cc1O. The van der Waals surface area contributed by atoms with Gasteiger partial charge in [0.2, 0.25) is 0 Å². The topological polar surface area (TPSA) is 69.6 Å². The number of rotatable bonds is 3. The summed E-state index contributed by atoms with van der Waals surface area (Å²) in [5, 5.41) is 21.9. The molecule has 1 amide bonds. The summed E-state index contributed by atoms with van der Waals surface area (Å²) < 4.78 is 12.9. The molecule has 4 nitrogen and oxygen atoms in total. The van der Waals surface area contributed by atoms with Gasteiger partial charge >= 0.3 is 0 Å². The van der Waals surface area contributed by atoms with E-state index >= 15 is 0 Å². The van der Waals surface area contributed by atoms with Crippen molar-refractivity contribution >= 4 is 5.91 Å². The Balaban J connectivity index is 2.15. The van der Waals surface area contributed by atoms with Crippen molar-refractivity contribution in [1.82, 2.24) is 5.32 Å². The van der Waals surface area contributed by atoms with Crippen molar-refractivity contribution in [2.75, 3.05) is 6.61 Å². The van der Waals surface area contributed by atoms with E-state index in [2.05, 4.69) is 5.32 Å². The Labute approximate surface area is 111 Å². The predicted octanol–water partition coefficient (Wildman–Crippen LogP) is 1.96. The zero-order chi connectivity index (χ0) is 13.9. The number of halogens is 1. The number of hydrogen-bond acceptors (Lipinski definition) is 3. The van der Waals surface area contributed by atoms with Crippen LogP contribution in [0.25, 0.3) is 0 Å². The zero-order valence-electron chi connectivity index (χ0n) is 10.7. The van der Waals surface area contributed by atoms with Crippen LogP contribution in [0.3, 0.4) is 0 Å². The number of phenolic OH excluding ortho intramolecular Hbond substituents is 1. The number of carbonyl (C=O) groups is 1. The van der Waals surface area contributed by atoms with E-state index in [-0.39, 0.29) is 17.9 Å². The van der Waals surface area contributed by atoms with Gasteiger partial charge in [-0.2, -0.15) is 0 Å². The first-order valence-corrected chi connectivity index (χ1v) is 6.48.